The number of carbonyl (C=O) groups is 1. The number of hydrogen-bond donors (Lipinski definition) is 4. The van der Waals surface area contributed by atoms with Crippen molar-refractivity contribution in [1.82, 2.24) is 10.2 Å². The van der Waals surface area contributed by atoms with E-state index in [4.69, 9.17) is 16.3 Å². The van der Waals surface area contributed by atoms with Gasteiger partial charge in [0.15, 0.2) is 0 Å². The summed E-state index contributed by atoms with van der Waals surface area (Å²) in [6.07, 6.45) is -0.0980. The molecule has 2 unspecified atom stereocenters. The minimum atomic E-state index is -1.36. The molecule has 2 aliphatic heterocycles. The van der Waals surface area contributed by atoms with Gasteiger partial charge in [0.25, 0.3) is 0 Å². The number of amides is 1. The average Bonchev–Trinajstić information content (AvgIpc) is 2.99. The van der Waals surface area contributed by atoms with Crippen molar-refractivity contribution in [1.29, 1.82) is 0 Å². The Balaban J connectivity index is 2.09. The summed E-state index contributed by atoms with van der Waals surface area (Å²) < 4.78 is 5.79. The van der Waals surface area contributed by atoms with Crippen LogP contribution in [0, 0.1) is 5.92 Å². The van der Waals surface area contributed by atoms with Crippen LogP contribution in [0.5, 0.6) is 0 Å². The quantitative estimate of drug-likeness (QED) is 0.438. The predicted octanol–water partition coefficient (Wildman–Crippen LogP) is 0.390. The Labute approximate surface area is 170 Å². The van der Waals surface area contributed by atoms with Gasteiger partial charge in [-0.05, 0) is 39.0 Å². The zero-order valence-electron chi connectivity index (χ0n) is 16.4. The molecule has 0 aliphatic carbocycles. The number of rotatable bonds is 7. The maximum absolute atomic E-state index is 12.9. The Kier molecular flexibility index (Phi) is 8.67. The lowest BCUT2D eigenvalue weighted by atomic mass is 9.92. The first-order valence-corrected chi connectivity index (χ1v) is 11.3. The second-order valence-electron chi connectivity index (χ2n) is 7.73. The molecule has 9 atom stereocenters. The van der Waals surface area contributed by atoms with Crippen molar-refractivity contribution in [3.63, 3.8) is 0 Å². The third kappa shape index (κ3) is 5.29. The van der Waals surface area contributed by atoms with Crippen LogP contribution in [0.3, 0.4) is 0 Å². The van der Waals surface area contributed by atoms with Crippen molar-refractivity contribution in [2.24, 2.45) is 5.92 Å². The first kappa shape index (κ1) is 23.2. The smallest absolute Gasteiger partial charge is 0.237 e. The van der Waals surface area contributed by atoms with Crippen LogP contribution in [0.15, 0.2) is 0 Å². The molecular weight excluding hydrogens is 392 g/mol. The summed E-state index contributed by atoms with van der Waals surface area (Å²) in [5.74, 6) is 0.350. The van der Waals surface area contributed by atoms with Crippen LogP contribution in [0.4, 0.5) is 0 Å². The summed E-state index contributed by atoms with van der Waals surface area (Å²) in [5.41, 5.74) is -0.702. The molecule has 7 nitrogen and oxygen atoms in total. The van der Waals surface area contributed by atoms with Crippen molar-refractivity contribution < 1.29 is 24.9 Å². The highest BCUT2D eigenvalue weighted by atomic mass is 35.5. The second-order valence-corrected chi connectivity index (χ2v) is 9.36. The molecule has 2 aliphatic rings. The van der Waals surface area contributed by atoms with E-state index in [0.29, 0.717) is 5.92 Å². The first-order valence-electron chi connectivity index (χ1n) is 9.58. The van der Waals surface area contributed by atoms with E-state index in [1.54, 1.807) is 13.2 Å². The van der Waals surface area contributed by atoms with E-state index in [-0.39, 0.29) is 11.9 Å². The van der Waals surface area contributed by atoms with Crippen molar-refractivity contribution >= 4 is 29.3 Å². The molecule has 2 fully saturated rings. The molecule has 0 bridgehead atoms. The normalized spacial score (nSPS) is 39.9. The number of likely N-dealkylation sites (tertiary alicyclic amines) is 1. The molecule has 2 heterocycles. The highest BCUT2D eigenvalue weighted by Gasteiger charge is 2.48. The number of aliphatic hydroxyl groups excluding tert-OH is 3. The number of likely N-dealkylation sites (N-methyl/N-ethyl adjacent to an activating group) is 1. The van der Waals surface area contributed by atoms with Crippen molar-refractivity contribution in [2.45, 2.75) is 80.4 Å². The molecule has 0 aromatic rings. The van der Waals surface area contributed by atoms with Gasteiger partial charge in [-0.25, -0.2) is 0 Å². The molecule has 9 heteroatoms. The summed E-state index contributed by atoms with van der Waals surface area (Å²) in [5, 5.41) is 33.0. The van der Waals surface area contributed by atoms with E-state index in [1.807, 2.05) is 11.9 Å². The van der Waals surface area contributed by atoms with Crippen LogP contribution in [0.2, 0.25) is 0 Å². The first-order chi connectivity index (χ1) is 12.7. The summed E-state index contributed by atoms with van der Waals surface area (Å²) in [7, 11) is 1.94. The van der Waals surface area contributed by atoms with Crippen LogP contribution < -0.4 is 5.32 Å². The topological polar surface area (TPSA) is 102 Å². The lowest BCUT2D eigenvalue weighted by Gasteiger charge is -2.44. The number of aliphatic hydroxyl groups is 3. The maximum atomic E-state index is 12.9. The molecule has 27 heavy (non-hydrogen) atoms. The highest BCUT2D eigenvalue weighted by Crippen LogP contribution is 2.31. The second kappa shape index (κ2) is 10.1. The third-order valence-corrected chi connectivity index (χ3v) is 6.76. The van der Waals surface area contributed by atoms with Crippen LogP contribution in [0.1, 0.15) is 33.1 Å². The van der Waals surface area contributed by atoms with Crippen molar-refractivity contribution in [3.8, 4) is 0 Å². The van der Waals surface area contributed by atoms with E-state index in [1.165, 1.54) is 11.8 Å². The maximum Gasteiger partial charge on any atom is 0.237 e. The molecule has 0 spiro atoms. The molecule has 4 N–H and O–H groups in total. The van der Waals surface area contributed by atoms with Gasteiger partial charge in [-0.15, -0.1) is 23.4 Å². The Morgan fingerprint density at radius 3 is 2.56 bits per heavy atom. The van der Waals surface area contributed by atoms with Gasteiger partial charge in [0.1, 0.15) is 29.9 Å². The zero-order chi connectivity index (χ0) is 20.3. The van der Waals surface area contributed by atoms with Crippen LogP contribution >= 0.6 is 23.4 Å². The number of alkyl halides is 1. The molecule has 2 saturated heterocycles. The summed E-state index contributed by atoms with van der Waals surface area (Å²) in [6.45, 7) is 4.74. The molecule has 0 aromatic carbocycles. The van der Waals surface area contributed by atoms with Gasteiger partial charge in [0, 0.05) is 6.54 Å². The van der Waals surface area contributed by atoms with E-state index in [0.717, 1.165) is 25.8 Å². The minimum absolute atomic E-state index is 0.147. The standard InChI is InChI=1S/C18H33ClN2O5S/c1-5-6-10-7-11(21(3)8-10)17(25)20-12(9(2)19)16-14(23)13(22)15(24)18(26-16)27-4/h9-16,18,22-24H,5-8H2,1-4H3,(H,20,25)/t9-,10-,11+,12?,13+,14+,15-,16?,18-/m1/s1. The van der Waals surface area contributed by atoms with Crippen LogP contribution in [-0.4, -0.2) is 93.3 Å². The van der Waals surface area contributed by atoms with E-state index in [9.17, 15) is 20.1 Å². The van der Waals surface area contributed by atoms with E-state index >= 15 is 0 Å². The fourth-order valence-electron chi connectivity index (χ4n) is 4.11. The molecule has 158 valence electrons. The number of halogens is 1. The number of nitrogens with zero attached hydrogens (tertiary/aromatic N) is 1. The van der Waals surface area contributed by atoms with Gasteiger partial charge in [-0.3, -0.25) is 9.69 Å². The Morgan fingerprint density at radius 1 is 1.33 bits per heavy atom. The lowest BCUT2D eigenvalue weighted by molar-refractivity contribution is -0.205. The van der Waals surface area contributed by atoms with Gasteiger partial charge in [0.2, 0.25) is 5.91 Å². The Hall–Kier alpha value is -0.0900. The molecule has 1 amide bonds. The molecule has 0 radical (unpaired) electrons. The molecular formula is C18H33ClN2O5S. The van der Waals surface area contributed by atoms with Crippen molar-refractivity contribution in [3.05, 3.63) is 0 Å². The fraction of sp³-hybridized carbons (Fsp3) is 0.944. The molecule has 2 rings (SSSR count). The monoisotopic (exact) mass is 424 g/mol. The summed E-state index contributed by atoms with van der Waals surface area (Å²) >= 11 is 7.55. The zero-order valence-corrected chi connectivity index (χ0v) is 18.0. The SMILES string of the molecule is CCC[C@@H]1C[C@@H](C(=O)NC(C2O[C@H](SC)[C@H](O)[C@@H](O)[C@@H]2O)[C@@H](C)Cl)N(C)C1. The number of nitrogens with one attached hydrogen (secondary N) is 1. The average molecular weight is 425 g/mol. The van der Waals surface area contributed by atoms with Gasteiger partial charge in [-0.1, -0.05) is 13.3 Å². The van der Waals surface area contributed by atoms with Gasteiger partial charge < -0.3 is 25.4 Å². The summed E-state index contributed by atoms with van der Waals surface area (Å²) in [6, 6.07) is -0.934. The molecule has 0 aromatic heterocycles. The van der Waals surface area contributed by atoms with Crippen LogP contribution in [0.25, 0.3) is 0 Å². The predicted molar refractivity (Wildman–Crippen MR) is 107 cm³/mol. The lowest BCUT2D eigenvalue weighted by Crippen LogP contribution is -2.65. The highest BCUT2D eigenvalue weighted by molar-refractivity contribution is 7.99. The van der Waals surface area contributed by atoms with E-state index in [2.05, 4.69) is 12.2 Å². The number of hydrogen-bond acceptors (Lipinski definition) is 7. The van der Waals surface area contributed by atoms with Gasteiger partial charge in [-0.2, -0.15) is 0 Å². The summed E-state index contributed by atoms with van der Waals surface area (Å²) in [4.78, 5) is 14.9. The Bertz CT molecular complexity index is 498. The van der Waals surface area contributed by atoms with Gasteiger partial charge in [0.05, 0.1) is 17.5 Å². The number of ether oxygens (including phenoxy) is 1. The minimum Gasteiger partial charge on any atom is -0.388 e. The largest absolute Gasteiger partial charge is 0.388 e. The van der Waals surface area contributed by atoms with Crippen molar-refractivity contribution in [2.75, 3.05) is 19.8 Å². The number of thioether (sulfide) groups is 1. The van der Waals surface area contributed by atoms with Gasteiger partial charge >= 0.3 is 0 Å². The third-order valence-electron chi connectivity index (χ3n) is 5.63. The molecule has 0 saturated carbocycles. The fourth-order valence-corrected chi connectivity index (χ4v) is 5.00. The van der Waals surface area contributed by atoms with Crippen LogP contribution in [-0.2, 0) is 9.53 Å². The van der Waals surface area contributed by atoms with E-state index < -0.39 is 41.3 Å². The number of carbonyl (C=O) groups excluding carboxylic acids is 1. The Morgan fingerprint density at radius 2 is 2.00 bits per heavy atom.